The molecule has 2 aromatic rings. The smallest absolute Gasteiger partial charge is 0.198 e. The Morgan fingerprint density at radius 3 is 1.94 bits per heavy atom. The van der Waals surface area contributed by atoms with Crippen molar-refractivity contribution < 1.29 is 19.0 Å². The van der Waals surface area contributed by atoms with Crippen molar-refractivity contribution in [3.8, 4) is 28.4 Å². The molecule has 0 amide bonds. The van der Waals surface area contributed by atoms with Crippen LogP contribution in [0.3, 0.4) is 0 Å². The predicted molar refractivity (Wildman–Crippen MR) is 138 cm³/mol. The maximum Gasteiger partial charge on any atom is 0.198 e. The average Bonchev–Trinajstić information content (AvgIpc) is 3.63. The number of carbonyl (C=O) groups excluding carboxylic acids is 1. The van der Waals surface area contributed by atoms with E-state index in [2.05, 4.69) is 10.6 Å². The fraction of sp³-hybridized carbons (Fsp3) is 0.552. The van der Waals surface area contributed by atoms with Gasteiger partial charge in [0.1, 0.15) is 17.2 Å². The predicted octanol–water partition coefficient (Wildman–Crippen LogP) is 4.83. The summed E-state index contributed by atoms with van der Waals surface area (Å²) in [4.78, 5) is 13.6. The number of ketones is 1. The first kappa shape index (κ1) is 24.1. The molecule has 188 valence electrons. The van der Waals surface area contributed by atoms with Crippen LogP contribution in [0.1, 0.15) is 61.4 Å². The quantitative estimate of drug-likeness (QED) is 0.363. The van der Waals surface area contributed by atoms with Crippen LogP contribution < -0.4 is 24.8 Å². The first-order chi connectivity index (χ1) is 17.3. The van der Waals surface area contributed by atoms with Crippen molar-refractivity contribution in [3.05, 3.63) is 41.5 Å². The van der Waals surface area contributed by atoms with Crippen molar-refractivity contribution in [3.63, 3.8) is 0 Å². The van der Waals surface area contributed by atoms with Crippen LogP contribution in [0, 0.1) is 11.8 Å². The standard InChI is InChI=1S/C29H38N2O4/c1-2-33-24-10-11-25(35-17-5-7-21-13-15-31-19-21)28-27(24)26-22(29(28)32)8-3-9-23(26)34-16-4-6-20-12-14-30-18-20/h3,8-11,20-21,30-31H,2,4-7,12-19H2,1H3. The van der Waals surface area contributed by atoms with Gasteiger partial charge in [-0.15, -0.1) is 0 Å². The van der Waals surface area contributed by atoms with E-state index < -0.39 is 0 Å². The molecule has 6 heteroatoms. The van der Waals surface area contributed by atoms with Gasteiger partial charge in [-0.2, -0.15) is 0 Å². The zero-order valence-corrected chi connectivity index (χ0v) is 20.9. The van der Waals surface area contributed by atoms with Crippen molar-refractivity contribution in [2.24, 2.45) is 11.8 Å². The minimum Gasteiger partial charge on any atom is -0.493 e. The third-order valence-electron chi connectivity index (χ3n) is 7.53. The summed E-state index contributed by atoms with van der Waals surface area (Å²) in [5, 5.41) is 6.85. The highest BCUT2D eigenvalue weighted by molar-refractivity contribution is 6.25. The Morgan fingerprint density at radius 1 is 0.771 bits per heavy atom. The van der Waals surface area contributed by atoms with E-state index in [1.807, 2.05) is 37.3 Å². The zero-order chi connectivity index (χ0) is 24.0. The van der Waals surface area contributed by atoms with Gasteiger partial charge in [0, 0.05) is 16.7 Å². The van der Waals surface area contributed by atoms with Gasteiger partial charge in [0.2, 0.25) is 0 Å². The molecular formula is C29H38N2O4. The molecule has 0 aromatic heterocycles. The highest BCUT2D eigenvalue weighted by atomic mass is 16.5. The Kier molecular flexibility index (Phi) is 7.89. The lowest BCUT2D eigenvalue weighted by Gasteiger charge is -2.16. The van der Waals surface area contributed by atoms with Crippen LogP contribution in [0.15, 0.2) is 30.3 Å². The SMILES string of the molecule is CCOc1ccc(OCCCC2CCNC2)c2c1-c1c(OCCCC3CCNC3)cccc1C2=O. The zero-order valence-electron chi connectivity index (χ0n) is 20.9. The lowest BCUT2D eigenvalue weighted by Crippen LogP contribution is -2.10. The van der Waals surface area contributed by atoms with Crippen LogP contribution in [0.5, 0.6) is 17.2 Å². The van der Waals surface area contributed by atoms with Gasteiger partial charge in [0.05, 0.1) is 25.4 Å². The van der Waals surface area contributed by atoms with Crippen LogP contribution in [0.4, 0.5) is 0 Å². The van der Waals surface area contributed by atoms with Crippen LogP contribution in [-0.2, 0) is 0 Å². The van der Waals surface area contributed by atoms with Gasteiger partial charge in [-0.3, -0.25) is 4.79 Å². The molecular weight excluding hydrogens is 440 g/mol. The second-order valence-corrected chi connectivity index (χ2v) is 9.95. The molecule has 2 aliphatic heterocycles. The van der Waals surface area contributed by atoms with E-state index >= 15 is 0 Å². The molecule has 2 atom stereocenters. The van der Waals surface area contributed by atoms with E-state index in [-0.39, 0.29) is 5.78 Å². The van der Waals surface area contributed by atoms with E-state index in [1.54, 1.807) is 0 Å². The number of rotatable bonds is 12. The van der Waals surface area contributed by atoms with Crippen molar-refractivity contribution >= 4 is 5.78 Å². The van der Waals surface area contributed by atoms with Crippen molar-refractivity contribution in [2.45, 2.75) is 45.4 Å². The highest BCUT2D eigenvalue weighted by Crippen LogP contribution is 2.50. The second-order valence-electron chi connectivity index (χ2n) is 9.95. The fourth-order valence-corrected chi connectivity index (χ4v) is 5.70. The Balaban J connectivity index is 1.33. The topological polar surface area (TPSA) is 68.8 Å². The van der Waals surface area contributed by atoms with Crippen LogP contribution in [0.25, 0.3) is 11.1 Å². The summed E-state index contributed by atoms with van der Waals surface area (Å²) < 4.78 is 18.4. The average molecular weight is 479 g/mol. The Hall–Kier alpha value is -2.57. The van der Waals surface area contributed by atoms with Gasteiger partial charge in [-0.1, -0.05) is 12.1 Å². The van der Waals surface area contributed by atoms with Crippen LogP contribution in [-0.4, -0.2) is 51.8 Å². The Labute approximate surface area is 208 Å². The first-order valence-corrected chi connectivity index (χ1v) is 13.4. The van der Waals surface area contributed by atoms with E-state index in [0.717, 1.165) is 80.6 Å². The molecule has 5 rings (SSSR count). The van der Waals surface area contributed by atoms with Crippen LogP contribution >= 0.6 is 0 Å². The molecule has 2 heterocycles. The summed E-state index contributed by atoms with van der Waals surface area (Å²) in [6.07, 6.45) is 6.80. The molecule has 2 aromatic carbocycles. The molecule has 0 spiro atoms. The van der Waals surface area contributed by atoms with E-state index in [4.69, 9.17) is 14.2 Å². The monoisotopic (exact) mass is 478 g/mol. The summed E-state index contributed by atoms with van der Waals surface area (Å²) in [7, 11) is 0. The fourth-order valence-electron chi connectivity index (χ4n) is 5.70. The van der Waals surface area contributed by atoms with Gasteiger partial charge in [0.25, 0.3) is 0 Å². The van der Waals surface area contributed by atoms with Gasteiger partial charge in [-0.05, 0) is 102 Å². The van der Waals surface area contributed by atoms with Crippen molar-refractivity contribution in [1.82, 2.24) is 10.6 Å². The minimum atomic E-state index is -0.00553. The molecule has 0 saturated carbocycles. The molecule has 6 nitrogen and oxygen atoms in total. The second kappa shape index (κ2) is 11.4. The molecule has 3 aliphatic rings. The van der Waals surface area contributed by atoms with Crippen molar-refractivity contribution in [1.29, 1.82) is 0 Å². The van der Waals surface area contributed by atoms with E-state index in [1.165, 1.54) is 12.8 Å². The summed E-state index contributed by atoms with van der Waals surface area (Å²) in [6, 6.07) is 9.60. The summed E-state index contributed by atoms with van der Waals surface area (Å²) in [5.41, 5.74) is 2.95. The molecule has 2 saturated heterocycles. The van der Waals surface area contributed by atoms with Crippen LogP contribution in [0.2, 0.25) is 0 Å². The summed E-state index contributed by atoms with van der Waals surface area (Å²) in [6.45, 7) is 8.21. The summed E-state index contributed by atoms with van der Waals surface area (Å²) in [5.74, 6) is 3.60. The van der Waals surface area contributed by atoms with Gasteiger partial charge in [-0.25, -0.2) is 0 Å². The van der Waals surface area contributed by atoms with E-state index in [9.17, 15) is 4.79 Å². The van der Waals surface area contributed by atoms with Gasteiger partial charge < -0.3 is 24.8 Å². The maximum atomic E-state index is 13.6. The number of nitrogens with one attached hydrogen (secondary N) is 2. The molecule has 2 unspecified atom stereocenters. The minimum absolute atomic E-state index is 0.00553. The number of benzene rings is 2. The normalized spacial score (nSPS) is 20.7. The molecule has 1 aliphatic carbocycles. The third kappa shape index (κ3) is 5.34. The number of hydrogen-bond donors (Lipinski definition) is 2. The number of fused-ring (bicyclic) bond motifs is 3. The van der Waals surface area contributed by atoms with Gasteiger partial charge in [0.15, 0.2) is 5.78 Å². The van der Waals surface area contributed by atoms with Crippen molar-refractivity contribution in [2.75, 3.05) is 46.0 Å². The number of ether oxygens (including phenoxy) is 3. The lowest BCUT2D eigenvalue weighted by molar-refractivity contribution is 0.103. The number of hydrogen-bond acceptors (Lipinski definition) is 6. The van der Waals surface area contributed by atoms with E-state index in [0.29, 0.717) is 42.4 Å². The largest absolute Gasteiger partial charge is 0.493 e. The molecule has 0 bridgehead atoms. The molecule has 0 radical (unpaired) electrons. The number of carbonyl (C=O) groups is 1. The molecule has 35 heavy (non-hydrogen) atoms. The summed E-state index contributed by atoms with van der Waals surface area (Å²) >= 11 is 0. The van der Waals surface area contributed by atoms with Gasteiger partial charge >= 0.3 is 0 Å². The Morgan fingerprint density at radius 2 is 1.37 bits per heavy atom. The lowest BCUT2D eigenvalue weighted by atomic mass is 10.0. The molecule has 2 fully saturated rings. The maximum absolute atomic E-state index is 13.6. The first-order valence-electron chi connectivity index (χ1n) is 13.4. The Bertz CT molecular complexity index is 1030. The molecule has 2 N–H and O–H groups in total. The highest BCUT2D eigenvalue weighted by Gasteiger charge is 2.35. The third-order valence-corrected chi connectivity index (χ3v) is 7.53.